The molecule has 1 aliphatic heterocycles. The van der Waals surface area contributed by atoms with Crippen LogP contribution in [0.4, 0.5) is 0 Å². The minimum Gasteiger partial charge on any atom is -0.507 e. The molecule has 354 valence electrons. The summed E-state index contributed by atoms with van der Waals surface area (Å²) in [6.45, 7) is 7.07. The number of carbonyl (C=O) groups excluding carboxylic acids is 5. The first kappa shape index (κ1) is 50.4. The zero-order valence-electron chi connectivity index (χ0n) is 36.4. The van der Waals surface area contributed by atoms with Gasteiger partial charge in [0.05, 0.1) is 102 Å². The standard InChI is InChI=1S/C44H60N2O18/c1-4-11-58-13-15-60-17-19-62-20-18-61-16-14-59-12-10-45-32(49)8-9-33(50)46-28-21-34(63-25(2)39(28)51)64-30-23-44(56,31(48)24-47)22-27-36(30)43(55)38-37(41(27)53)40(52)26-6-5-7-29(57-3)35(26)42(38)54/h5-7,25,28,30,34,39,47,51,53,55-56H,4,8-24H2,1-3H3,(H,45,49)(H,46,50)/t25-,28-,30-,34?,39+,44-/m0/s1. The Morgan fingerprint density at radius 2 is 1.42 bits per heavy atom. The van der Waals surface area contributed by atoms with E-state index in [1.54, 1.807) is 0 Å². The van der Waals surface area contributed by atoms with Gasteiger partial charge in [-0.05, 0) is 19.4 Å². The Bertz CT molecular complexity index is 1960. The molecule has 0 spiro atoms. The van der Waals surface area contributed by atoms with E-state index < -0.39 is 107 Å². The van der Waals surface area contributed by atoms with Crippen LogP contribution >= 0.6 is 0 Å². The molecule has 0 saturated carbocycles. The second-order valence-electron chi connectivity index (χ2n) is 15.6. The number of Topliss-reactive ketones (excluding diaryl/α,β-unsaturated/α-hetero) is 1. The first-order chi connectivity index (χ1) is 30.8. The normalized spacial score (nSPS) is 22.6. The van der Waals surface area contributed by atoms with Gasteiger partial charge in [-0.3, -0.25) is 24.0 Å². The number of hydrogen-bond donors (Lipinski definition) is 7. The van der Waals surface area contributed by atoms with Gasteiger partial charge in [0.15, 0.2) is 17.9 Å². The minimum atomic E-state index is -2.36. The summed E-state index contributed by atoms with van der Waals surface area (Å²) < 4.78 is 44.5. The molecule has 64 heavy (non-hydrogen) atoms. The molecule has 3 aliphatic rings. The molecular formula is C44H60N2O18. The number of amides is 2. The van der Waals surface area contributed by atoms with Gasteiger partial charge in [0, 0.05) is 61.9 Å². The number of carbonyl (C=O) groups is 5. The Hall–Kier alpha value is -4.61. The van der Waals surface area contributed by atoms with Gasteiger partial charge in [-0.25, -0.2) is 0 Å². The third-order valence-corrected chi connectivity index (χ3v) is 11.1. The molecule has 6 atom stereocenters. The SMILES string of the molecule is CCCOCCOCCOCCOCCOCCNC(=O)CCC(=O)N[C@H]1CC(O[C@H]2C[C@](O)(C(=O)CO)Cc3c(O)c4c(c(O)c32)C(=O)c2c(OC)cccc2C4=O)O[C@@H](C)[C@H]1O. The fourth-order valence-electron chi connectivity index (χ4n) is 7.84. The van der Waals surface area contributed by atoms with Gasteiger partial charge < -0.3 is 74.1 Å². The summed E-state index contributed by atoms with van der Waals surface area (Å²) in [5.41, 5.74) is -4.16. The van der Waals surface area contributed by atoms with Gasteiger partial charge in [-0.2, -0.15) is 0 Å². The number of aliphatic hydroxyl groups excluding tert-OH is 2. The van der Waals surface area contributed by atoms with Gasteiger partial charge in [0.25, 0.3) is 0 Å². The first-order valence-corrected chi connectivity index (χ1v) is 21.4. The van der Waals surface area contributed by atoms with Crippen molar-refractivity contribution in [3.8, 4) is 17.2 Å². The number of aliphatic hydroxyl groups is 3. The quantitative estimate of drug-likeness (QED) is 0.0428. The lowest BCUT2D eigenvalue weighted by Crippen LogP contribution is -2.56. The second kappa shape index (κ2) is 24.1. The topological polar surface area (TPSA) is 284 Å². The molecule has 0 radical (unpaired) electrons. The summed E-state index contributed by atoms with van der Waals surface area (Å²) in [7, 11) is 1.30. The number of aromatic hydroxyl groups is 2. The van der Waals surface area contributed by atoms with Crippen LogP contribution in [-0.4, -0.2) is 171 Å². The van der Waals surface area contributed by atoms with Crippen LogP contribution in [0.3, 0.4) is 0 Å². The molecule has 2 aromatic carbocycles. The predicted octanol–water partition coefficient (Wildman–Crippen LogP) is 0.548. The van der Waals surface area contributed by atoms with Crippen LogP contribution in [-0.2, 0) is 54.0 Å². The summed E-state index contributed by atoms with van der Waals surface area (Å²) in [5, 5.41) is 61.0. The lowest BCUT2D eigenvalue weighted by molar-refractivity contribution is -0.249. The number of phenols is 2. The Morgan fingerprint density at radius 1 is 0.828 bits per heavy atom. The van der Waals surface area contributed by atoms with Gasteiger partial charge in [-0.15, -0.1) is 0 Å². The van der Waals surface area contributed by atoms with Crippen LogP contribution in [0.5, 0.6) is 17.2 Å². The molecule has 1 heterocycles. The van der Waals surface area contributed by atoms with Crippen LogP contribution in [0.2, 0.25) is 0 Å². The molecular weight excluding hydrogens is 844 g/mol. The number of fused-ring (bicyclic) bond motifs is 3. The smallest absolute Gasteiger partial charge is 0.220 e. The van der Waals surface area contributed by atoms with Crippen molar-refractivity contribution in [1.82, 2.24) is 10.6 Å². The van der Waals surface area contributed by atoms with Gasteiger partial charge in [-0.1, -0.05) is 19.1 Å². The van der Waals surface area contributed by atoms with Crippen molar-refractivity contribution in [2.45, 2.75) is 88.6 Å². The summed E-state index contributed by atoms with van der Waals surface area (Å²) in [4.78, 5) is 66.1. The first-order valence-electron chi connectivity index (χ1n) is 21.4. The lowest BCUT2D eigenvalue weighted by atomic mass is 9.72. The summed E-state index contributed by atoms with van der Waals surface area (Å²) in [6, 6.07) is 3.31. The van der Waals surface area contributed by atoms with Crippen molar-refractivity contribution in [2.75, 3.05) is 86.3 Å². The van der Waals surface area contributed by atoms with Gasteiger partial charge >= 0.3 is 0 Å². The van der Waals surface area contributed by atoms with Crippen LogP contribution in [0.1, 0.15) is 95.0 Å². The van der Waals surface area contributed by atoms with Crippen molar-refractivity contribution in [3.63, 3.8) is 0 Å². The van der Waals surface area contributed by atoms with E-state index in [0.717, 1.165) is 13.0 Å². The fourth-order valence-corrected chi connectivity index (χ4v) is 7.84. The average Bonchev–Trinajstić information content (AvgIpc) is 3.27. The molecule has 20 heteroatoms. The lowest BCUT2D eigenvalue weighted by Gasteiger charge is -2.43. The maximum absolute atomic E-state index is 14.0. The predicted molar refractivity (Wildman–Crippen MR) is 222 cm³/mol. The average molecular weight is 905 g/mol. The van der Waals surface area contributed by atoms with Crippen molar-refractivity contribution in [2.24, 2.45) is 0 Å². The van der Waals surface area contributed by atoms with Crippen LogP contribution < -0.4 is 15.4 Å². The molecule has 0 aromatic heterocycles. The highest BCUT2D eigenvalue weighted by atomic mass is 16.7. The van der Waals surface area contributed by atoms with E-state index >= 15 is 0 Å². The molecule has 2 amide bonds. The van der Waals surface area contributed by atoms with E-state index in [-0.39, 0.29) is 60.4 Å². The zero-order valence-corrected chi connectivity index (χ0v) is 36.4. The Labute approximate surface area is 370 Å². The van der Waals surface area contributed by atoms with E-state index in [9.17, 15) is 49.5 Å². The van der Waals surface area contributed by atoms with E-state index in [1.165, 1.54) is 32.2 Å². The number of nitrogens with one attached hydrogen (secondary N) is 2. The minimum absolute atomic E-state index is 0.0499. The summed E-state index contributed by atoms with van der Waals surface area (Å²) >= 11 is 0. The Morgan fingerprint density at radius 3 is 2.03 bits per heavy atom. The van der Waals surface area contributed by atoms with Crippen molar-refractivity contribution in [1.29, 1.82) is 0 Å². The Kier molecular flexibility index (Phi) is 18.9. The number of rotatable bonds is 26. The molecule has 2 aliphatic carbocycles. The summed E-state index contributed by atoms with van der Waals surface area (Å²) in [5.74, 6) is -5.12. The molecule has 0 bridgehead atoms. The van der Waals surface area contributed by atoms with Crippen molar-refractivity contribution in [3.05, 3.63) is 51.6 Å². The van der Waals surface area contributed by atoms with E-state index in [4.69, 9.17) is 37.9 Å². The van der Waals surface area contributed by atoms with Gasteiger partial charge in [0.2, 0.25) is 17.6 Å². The van der Waals surface area contributed by atoms with E-state index in [1.807, 2.05) is 6.92 Å². The largest absolute Gasteiger partial charge is 0.507 e. The monoisotopic (exact) mass is 904 g/mol. The molecule has 1 saturated heterocycles. The number of hydrogen-bond acceptors (Lipinski definition) is 18. The number of benzene rings is 2. The third-order valence-electron chi connectivity index (χ3n) is 11.1. The number of phenolic OH excluding ortho intramolecular Hbond substituents is 2. The maximum atomic E-state index is 14.0. The molecule has 5 rings (SSSR count). The highest BCUT2D eigenvalue weighted by Gasteiger charge is 2.50. The highest BCUT2D eigenvalue weighted by molar-refractivity contribution is 6.31. The highest BCUT2D eigenvalue weighted by Crippen LogP contribution is 2.52. The van der Waals surface area contributed by atoms with Crippen LogP contribution in [0, 0.1) is 0 Å². The number of methoxy groups -OCH3 is 1. The molecule has 7 N–H and O–H groups in total. The zero-order chi connectivity index (χ0) is 46.4. The second-order valence-corrected chi connectivity index (χ2v) is 15.6. The molecule has 2 aromatic rings. The maximum Gasteiger partial charge on any atom is 0.220 e. The number of ketones is 3. The summed E-state index contributed by atoms with van der Waals surface area (Å²) in [6.07, 6.45) is -5.82. The number of ether oxygens (including phenoxy) is 8. The molecule has 20 nitrogen and oxygen atoms in total. The molecule has 1 unspecified atom stereocenters. The van der Waals surface area contributed by atoms with Gasteiger partial charge in [0.1, 0.15) is 35.6 Å². The Balaban J connectivity index is 1.11. The van der Waals surface area contributed by atoms with Crippen LogP contribution in [0.15, 0.2) is 18.2 Å². The van der Waals surface area contributed by atoms with Crippen molar-refractivity contribution < 1.29 is 87.4 Å². The van der Waals surface area contributed by atoms with E-state index in [0.29, 0.717) is 52.9 Å². The van der Waals surface area contributed by atoms with Crippen LogP contribution in [0.25, 0.3) is 0 Å². The van der Waals surface area contributed by atoms with E-state index in [2.05, 4.69) is 10.6 Å². The third kappa shape index (κ3) is 12.4. The van der Waals surface area contributed by atoms with Crippen molar-refractivity contribution >= 4 is 29.2 Å². The molecule has 1 fully saturated rings. The fraction of sp³-hybridized carbons (Fsp3) is 0.614.